The molecule has 1 heterocycles. The van der Waals surface area contributed by atoms with Crippen molar-refractivity contribution in [1.29, 1.82) is 0 Å². The Morgan fingerprint density at radius 1 is 1.18 bits per heavy atom. The van der Waals surface area contributed by atoms with Crippen LogP contribution in [0.3, 0.4) is 0 Å². The molecule has 2 fully saturated rings. The lowest BCUT2D eigenvalue weighted by Gasteiger charge is -2.24. The van der Waals surface area contributed by atoms with Gasteiger partial charge >= 0.3 is 0 Å². The number of likely N-dealkylation sites (tertiary alicyclic amines) is 1. The van der Waals surface area contributed by atoms with E-state index in [4.69, 9.17) is 0 Å². The van der Waals surface area contributed by atoms with Crippen molar-refractivity contribution in [3.63, 3.8) is 0 Å². The standard InChI is InChI=1S/C20H29N3O4S/c1-20(2,3)22-28(26,27)17-10-6-7-15(12-17)21-19(25)14-11-18(24)23(13-14)16-8-4-5-9-16/h6-7,10,12,14,16,22H,4-5,8-9,11,13H2,1-3H3,(H,21,25). The minimum atomic E-state index is -3.69. The summed E-state index contributed by atoms with van der Waals surface area (Å²) < 4.78 is 27.6. The van der Waals surface area contributed by atoms with Crippen LogP contribution in [-0.2, 0) is 19.6 Å². The number of sulfonamides is 1. The van der Waals surface area contributed by atoms with E-state index in [1.165, 1.54) is 12.1 Å². The third-order valence-electron chi connectivity index (χ3n) is 5.15. The van der Waals surface area contributed by atoms with E-state index in [-0.39, 0.29) is 29.2 Å². The van der Waals surface area contributed by atoms with Crippen LogP contribution in [0.25, 0.3) is 0 Å². The van der Waals surface area contributed by atoms with Crippen molar-refractivity contribution >= 4 is 27.5 Å². The number of nitrogens with one attached hydrogen (secondary N) is 2. The summed E-state index contributed by atoms with van der Waals surface area (Å²) in [7, 11) is -3.69. The van der Waals surface area contributed by atoms with Crippen molar-refractivity contribution < 1.29 is 18.0 Å². The fourth-order valence-electron chi connectivity index (χ4n) is 3.92. The molecule has 28 heavy (non-hydrogen) atoms. The molecule has 2 amide bonds. The molecule has 1 aliphatic carbocycles. The second-order valence-corrected chi connectivity index (χ2v) is 10.4. The number of nitrogens with zero attached hydrogens (tertiary/aromatic N) is 1. The zero-order chi connectivity index (χ0) is 20.5. The average molecular weight is 408 g/mol. The highest BCUT2D eigenvalue weighted by Crippen LogP contribution is 2.30. The molecule has 1 unspecified atom stereocenters. The van der Waals surface area contributed by atoms with Gasteiger partial charge in [-0.25, -0.2) is 13.1 Å². The maximum atomic E-state index is 12.7. The predicted molar refractivity (Wildman–Crippen MR) is 107 cm³/mol. The van der Waals surface area contributed by atoms with Crippen LogP contribution in [0.5, 0.6) is 0 Å². The van der Waals surface area contributed by atoms with Crippen LogP contribution < -0.4 is 10.0 Å². The minimum Gasteiger partial charge on any atom is -0.339 e. The summed E-state index contributed by atoms with van der Waals surface area (Å²) in [6, 6.07) is 6.45. The smallest absolute Gasteiger partial charge is 0.241 e. The zero-order valence-corrected chi connectivity index (χ0v) is 17.5. The summed E-state index contributed by atoms with van der Waals surface area (Å²) in [5, 5.41) is 2.78. The van der Waals surface area contributed by atoms with Gasteiger partial charge in [0, 0.05) is 30.2 Å². The van der Waals surface area contributed by atoms with Gasteiger partial charge in [0.2, 0.25) is 21.8 Å². The fourth-order valence-corrected chi connectivity index (χ4v) is 5.39. The fraction of sp³-hybridized carbons (Fsp3) is 0.600. The first-order valence-electron chi connectivity index (χ1n) is 9.79. The minimum absolute atomic E-state index is 0.0396. The second kappa shape index (κ2) is 7.83. The number of rotatable bonds is 5. The van der Waals surface area contributed by atoms with Gasteiger partial charge in [-0.1, -0.05) is 18.9 Å². The van der Waals surface area contributed by atoms with Crippen LogP contribution in [-0.4, -0.2) is 43.3 Å². The van der Waals surface area contributed by atoms with Gasteiger partial charge in [-0.05, 0) is 51.8 Å². The van der Waals surface area contributed by atoms with Crippen molar-refractivity contribution in [3.8, 4) is 0 Å². The third-order valence-corrected chi connectivity index (χ3v) is 6.90. The second-order valence-electron chi connectivity index (χ2n) is 8.76. The van der Waals surface area contributed by atoms with E-state index in [1.807, 2.05) is 4.90 Å². The van der Waals surface area contributed by atoms with Gasteiger partial charge in [0.05, 0.1) is 10.8 Å². The maximum absolute atomic E-state index is 12.7. The number of amides is 2. The zero-order valence-electron chi connectivity index (χ0n) is 16.7. The predicted octanol–water partition coefficient (Wildman–Crippen LogP) is 2.49. The number of benzene rings is 1. The normalized spacial score (nSPS) is 21.3. The molecule has 2 aliphatic rings. The SMILES string of the molecule is CC(C)(C)NS(=O)(=O)c1cccc(NC(=O)C2CC(=O)N(C3CCCC3)C2)c1. The highest BCUT2D eigenvalue weighted by molar-refractivity contribution is 7.89. The van der Waals surface area contributed by atoms with Crippen molar-refractivity contribution in [2.75, 3.05) is 11.9 Å². The topological polar surface area (TPSA) is 95.6 Å². The lowest BCUT2D eigenvalue weighted by atomic mass is 10.1. The molecule has 1 aliphatic heterocycles. The number of anilines is 1. The van der Waals surface area contributed by atoms with Gasteiger partial charge in [-0.15, -0.1) is 0 Å². The van der Waals surface area contributed by atoms with Gasteiger partial charge in [0.25, 0.3) is 0 Å². The van der Waals surface area contributed by atoms with E-state index in [2.05, 4.69) is 10.0 Å². The van der Waals surface area contributed by atoms with Gasteiger partial charge in [0.15, 0.2) is 0 Å². The molecule has 1 saturated heterocycles. The number of hydrogen-bond donors (Lipinski definition) is 2. The summed E-state index contributed by atoms with van der Waals surface area (Å²) in [5.41, 5.74) is -0.194. The monoisotopic (exact) mass is 407 g/mol. The quantitative estimate of drug-likeness (QED) is 0.784. The largest absolute Gasteiger partial charge is 0.339 e. The molecule has 8 heteroatoms. The molecule has 7 nitrogen and oxygen atoms in total. The van der Waals surface area contributed by atoms with E-state index in [0.717, 1.165) is 25.7 Å². The molecule has 1 aromatic carbocycles. The molecule has 0 bridgehead atoms. The van der Waals surface area contributed by atoms with Gasteiger partial charge in [-0.3, -0.25) is 9.59 Å². The van der Waals surface area contributed by atoms with E-state index in [9.17, 15) is 18.0 Å². The highest BCUT2D eigenvalue weighted by atomic mass is 32.2. The molecular weight excluding hydrogens is 378 g/mol. The molecule has 0 spiro atoms. The Kier molecular flexibility index (Phi) is 5.82. The number of carbonyl (C=O) groups excluding carboxylic acids is 2. The molecule has 1 saturated carbocycles. The van der Waals surface area contributed by atoms with Crippen LogP contribution in [0.4, 0.5) is 5.69 Å². The Bertz CT molecular complexity index is 854. The summed E-state index contributed by atoms with van der Waals surface area (Å²) in [5.74, 6) is -0.606. The van der Waals surface area contributed by atoms with Gasteiger partial charge in [0.1, 0.15) is 0 Å². The van der Waals surface area contributed by atoms with E-state index >= 15 is 0 Å². The van der Waals surface area contributed by atoms with E-state index in [1.54, 1.807) is 32.9 Å². The number of hydrogen-bond acceptors (Lipinski definition) is 4. The van der Waals surface area contributed by atoms with Crippen LogP contribution >= 0.6 is 0 Å². The molecule has 0 radical (unpaired) electrons. The van der Waals surface area contributed by atoms with Crippen molar-refractivity contribution in [2.24, 2.45) is 5.92 Å². The Balaban J connectivity index is 1.67. The van der Waals surface area contributed by atoms with Crippen LogP contribution in [0.2, 0.25) is 0 Å². The lowest BCUT2D eigenvalue weighted by molar-refractivity contribution is -0.129. The molecule has 154 valence electrons. The Morgan fingerprint density at radius 2 is 1.86 bits per heavy atom. The van der Waals surface area contributed by atoms with Gasteiger partial charge < -0.3 is 10.2 Å². The Labute approximate surface area is 166 Å². The van der Waals surface area contributed by atoms with Crippen molar-refractivity contribution in [3.05, 3.63) is 24.3 Å². The first kappa shape index (κ1) is 20.8. The van der Waals surface area contributed by atoms with E-state index in [0.29, 0.717) is 12.2 Å². The van der Waals surface area contributed by atoms with Crippen molar-refractivity contribution in [2.45, 2.75) is 69.4 Å². The Morgan fingerprint density at radius 3 is 2.50 bits per heavy atom. The summed E-state index contributed by atoms with van der Waals surface area (Å²) in [6.07, 6.45) is 4.51. The van der Waals surface area contributed by atoms with Crippen molar-refractivity contribution in [1.82, 2.24) is 9.62 Å². The molecular formula is C20H29N3O4S. The first-order chi connectivity index (χ1) is 13.0. The molecule has 2 N–H and O–H groups in total. The van der Waals surface area contributed by atoms with Crippen LogP contribution in [0.1, 0.15) is 52.9 Å². The van der Waals surface area contributed by atoms with Crippen LogP contribution in [0.15, 0.2) is 29.2 Å². The summed E-state index contributed by atoms with van der Waals surface area (Å²) in [4.78, 5) is 26.9. The van der Waals surface area contributed by atoms with E-state index < -0.39 is 21.5 Å². The Hall–Kier alpha value is -1.93. The maximum Gasteiger partial charge on any atom is 0.241 e. The third kappa shape index (κ3) is 4.91. The summed E-state index contributed by atoms with van der Waals surface area (Å²) in [6.45, 7) is 5.75. The summed E-state index contributed by atoms with van der Waals surface area (Å²) >= 11 is 0. The van der Waals surface area contributed by atoms with Gasteiger partial charge in [-0.2, -0.15) is 0 Å². The first-order valence-corrected chi connectivity index (χ1v) is 11.3. The highest BCUT2D eigenvalue weighted by Gasteiger charge is 2.38. The van der Waals surface area contributed by atoms with Crippen LogP contribution in [0, 0.1) is 5.92 Å². The molecule has 1 atom stereocenters. The lowest BCUT2D eigenvalue weighted by Crippen LogP contribution is -2.40. The molecule has 3 rings (SSSR count). The number of carbonyl (C=O) groups is 2. The average Bonchev–Trinajstić information content (AvgIpc) is 3.22. The molecule has 0 aromatic heterocycles. The molecule has 1 aromatic rings.